The first-order valence-electron chi connectivity index (χ1n) is 25.1. The van der Waals surface area contributed by atoms with Gasteiger partial charge in [0.1, 0.15) is 0 Å². The molecule has 0 amide bonds. The topological polar surface area (TPSA) is 34.1 Å². The second-order valence-electron chi connectivity index (χ2n) is 19.4. The largest absolute Gasteiger partial charge is 0.289 e. The second-order valence-corrected chi connectivity index (χ2v) is 41.9. The maximum Gasteiger partial charge on any atom is 0.195 e. The Bertz CT molecular complexity index is 1790. The van der Waals surface area contributed by atoms with Crippen molar-refractivity contribution in [3.05, 3.63) is 93.0 Å². The van der Waals surface area contributed by atoms with Crippen molar-refractivity contribution in [1.82, 2.24) is 0 Å². The number of ketones is 2. The molecule has 4 aromatic rings. The lowest BCUT2D eigenvalue weighted by atomic mass is 9.72. The molecule has 0 bridgehead atoms. The van der Waals surface area contributed by atoms with E-state index in [1.165, 1.54) is 141 Å². The lowest BCUT2D eigenvalue weighted by Gasteiger charge is -2.34. The van der Waals surface area contributed by atoms with Crippen LogP contribution in [0.3, 0.4) is 0 Å². The Morgan fingerprint density at radius 3 is 0.617 bits per heavy atom. The SMILES string of the molecule is CC[Si](CC)(CC)CCc1c2c(c(CC[Si](CC)(CC)CC)c3ccccc13)C(=O)c1c(c(CC[Si](CC)(CC)CC)c3ccccc3c1CC[Si](CC)(CC)CC)C2=O. The molecule has 0 fully saturated rings. The number of fused-ring (bicyclic) bond motifs is 4. The molecule has 0 aliphatic heterocycles. The van der Waals surface area contributed by atoms with E-state index in [-0.39, 0.29) is 11.6 Å². The summed E-state index contributed by atoms with van der Waals surface area (Å²) < 4.78 is 0. The number of carbonyl (C=O) groups is 2. The third-order valence-electron chi connectivity index (χ3n) is 18.4. The van der Waals surface area contributed by atoms with Gasteiger partial charge in [0.05, 0.1) is 32.3 Å². The molecule has 6 heteroatoms. The van der Waals surface area contributed by atoms with Crippen molar-refractivity contribution in [2.75, 3.05) is 0 Å². The smallest absolute Gasteiger partial charge is 0.195 e. The molecule has 4 aromatic carbocycles. The minimum absolute atomic E-state index is 0.173. The Morgan fingerprint density at radius 2 is 0.467 bits per heavy atom. The van der Waals surface area contributed by atoms with Gasteiger partial charge in [0.2, 0.25) is 0 Å². The molecule has 0 N–H and O–H groups in total. The van der Waals surface area contributed by atoms with Gasteiger partial charge < -0.3 is 0 Å². The van der Waals surface area contributed by atoms with Gasteiger partial charge >= 0.3 is 0 Å². The van der Waals surface area contributed by atoms with Crippen LogP contribution in [0.4, 0.5) is 0 Å². The zero-order valence-electron chi connectivity index (χ0n) is 40.6. The summed E-state index contributed by atoms with van der Waals surface area (Å²) in [5, 5.41) is 4.95. The fourth-order valence-corrected chi connectivity index (χ4v) is 25.5. The van der Waals surface area contributed by atoms with Gasteiger partial charge in [-0.25, -0.2) is 0 Å². The lowest BCUT2D eigenvalue weighted by molar-refractivity contribution is 0.0976. The molecule has 0 unspecified atom stereocenters. The van der Waals surface area contributed by atoms with Gasteiger partial charge in [0.25, 0.3) is 0 Å². The van der Waals surface area contributed by atoms with Gasteiger partial charge in [-0.3, -0.25) is 9.59 Å². The van der Waals surface area contributed by atoms with Gasteiger partial charge in [-0.2, -0.15) is 0 Å². The molecule has 0 spiro atoms. The summed E-state index contributed by atoms with van der Waals surface area (Å²) in [6.45, 7) is 28.9. The van der Waals surface area contributed by atoms with E-state index in [4.69, 9.17) is 0 Å². The van der Waals surface area contributed by atoms with Crippen LogP contribution in [0.15, 0.2) is 48.5 Å². The summed E-state index contributed by atoms with van der Waals surface area (Å²) in [6.07, 6.45) is 3.56. The van der Waals surface area contributed by atoms with Crippen LogP contribution < -0.4 is 0 Å². The number of carbonyl (C=O) groups excluding carboxylic acids is 2. The van der Waals surface area contributed by atoms with E-state index in [0.717, 1.165) is 47.9 Å². The first kappa shape index (κ1) is 48.6. The predicted octanol–water partition coefficient (Wildman–Crippen LogP) is 17.0. The Morgan fingerprint density at radius 1 is 0.300 bits per heavy atom. The van der Waals surface area contributed by atoms with Crippen LogP contribution in [0.5, 0.6) is 0 Å². The van der Waals surface area contributed by atoms with Crippen molar-refractivity contribution >= 4 is 65.4 Å². The molecule has 0 atom stereocenters. The lowest BCUT2D eigenvalue weighted by Crippen LogP contribution is -2.35. The van der Waals surface area contributed by atoms with Crippen molar-refractivity contribution < 1.29 is 9.59 Å². The van der Waals surface area contributed by atoms with Gasteiger partial charge in [-0.05, 0) is 69.5 Å². The Labute approximate surface area is 371 Å². The maximum atomic E-state index is 16.4. The van der Waals surface area contributed by atoms with Crippen LogP contribution in [-0.4, -0.2) is 43.9 Å². The first-order valence-corrected chi connectivity index (χ1v) is 36.4. The molecule has 328 valence electrons. The molecule has 5 rings (SSSR count). The van der Waals surface area contributed by atoms with E-state index in [1.807, 2.05) is 0 Å². The molecular formula is C54H84O2Si4. The minimum atomic E-state index is -1.54. The van der Waals surface area contributed by atoms with Crippen molar-refractivity contribution in [2.45, 2.75) is 205 Å². The zero-order chi connectivity index (χ0) is 43.9. The fraction of sp³-hybridized carbons (Fsp3) is 0.593. The molecule has 60 heavy (non-hydrogen) atoms. The van der Waals surface area contributed by atoms with Crippen LogP contribution in [0.1, 0.15) is 137 Å². The van der Waals surface area contributed by atoms with E-state index in [9.17, 15) is 0 Å². The summed E-state index contributed by atoms with van der Waals surface area (Å²) in [4.78, 5) is 32.8. The van der Waals surface area contributed by atoms with Crippen molar-refractivity contribution in [2.24, 2.45) is 0 Å². The van der Waals surface area contributed by atoms with Gasteiger partial charge in [0.15, 0.2) is 11.6 Å². The first-order chi connectivity index (χ1) is 28.9. The average Bonchev–Trinajstić information content (AvgIpc) is 3.30. The third-order valence-corrected chi connectivity index (χ3v) is 41.6. The zero-order valence-corrected chi connectivity index (χ0v) is 44.6. The van der Waals surface area contributed by atoms with E-state index < -0.39 is 32.3 Å². The quantitative estimate of drug-likeness (QED) is 0.0579. The van der Waals surface area contributed by atoms with Crippen molar-refractivity contribution in [1.29, 1.82) is 0 Å². The highest BCUT2D eigenvalue weighted by Gasteiger charge is 2.42. The Kier molecular flexibility index (Phi) is 16.9. The maximum absolute atomic E-state index is 16.4. The average molecular weight is 878 g/mol. The van der Waals surface area contributed by atoms with Crippen LogP contribution in [0, 0.1) is 0 Å². The molecule has 0 aromatic heterocycles. The number of aryl methyl sites for hydroxylation is 4. The van der Waals surface area contributed by atoms with Crippen molar-refractivity contribution in [3.8, 4) is 0 Å². The molecule has 1 aliphatic carbocycles. The second kappa shape index (κ2) is 20.9. The van der Waals surface area contributed by atoms with Gasteiger partial charge in [0, 0.05) is 22.3 Å². The molecule has 0 heterocycles. The molecule has 0 saturated carbocycles. The van der Waals surface area contributed by atoms with Gasteiger partial charge in [-0.1, -0.05) is 228 Å². The van der Waals surface area contributed by atoms with Crippen LogP contribution in [0.2, 0.25) is 96.7 Å². The molecular weight excluding hydrogens is 793 g/mol. The summed E-state index contributed by atoms with van der Waals surface area (Å²) in [7, 11) is -6.15. The summed E-state index contributed by atoms with van der Waals surface area (Å²) >= 11 is 0. The number of hydrogen-bond donors (Lipinski definition) is 0. The highest BCUT2D eigenvalue weighted by atomic mass is 28.3. The predicted molar refractivity (Wildman–Crippen MR) is 278 cm³/mol. The number of rotatable bonds is 24. The molecule has 1 aliphatic rings. The molecule has 0 saturated heterocycles. The Hall–Kier alpha value is -2.39. The van der Waals surface area contributed by atoms with E-state index in [2.05, 4.69) is 132 Å². The monoisotopic (exact) mass is 877 g/mol. The number of benzene rings is 4. The van der Waals surface area contributed by atoms with E-state index in [1.54, 1.807) is 0 Å². The van der Waals surface area contributed by atoms with Crippen LogP contribution in [-0.2, 0) is 25.7 Å². The van der Waals surface area contributed by atoms with Crippen LogP contribution >= 0.6 is 0 Å². The standard InChI is InChI=1S/C54H84O2Si4/c1-13-57(14-2,15-3)37-33-45-41-29-25-26-30-42(41)46(34-38-58(16-4,17-5)18-6)50-49(45)53(55)51-47(35-39-59(19-7,20-8)21-9)43-31-27-28-32-44(43)48(52(51)54(50)56)36-40-60(22-10,23-11)24-12/h25-32H,13-24,33-40H2,1-12H3. The minimum Gasteiger partial charge on any atom is -0.289 e. The summed E-state index contributed by atoms with van der Waals surface area (Å²) in [5.74, 6) is 0.346. The normalized spacial score (nSPS) is 13.7. The van der Waals surface area contributed by atoms with E-state index in [0.29, 0.717) is 0 Å². The van der Waals surface area contributed by atoms with E-state index >= 15 is 9.59 Å². The fourth-order valence-electron chi connectivity index (χ4n) is 12.1. The highest BCUT2D eigenvalue weighted by Crippen LogP contribution is 2.46. The Balaban J connectivity index is 1.93. The van der Waals surface area contributed by atoms with Crippen LogP contribution in [0.25, 0.3) is 21.5 Å². The van der Waals surface area contributed by atoms with Gasteiger partial charge in [-0.15, -0.1) is 0 Å². The summed E-state index contributed by atoms with van der Waals surface area (Å²) in [6, 6.07) is 37.8. The molecule has 0 radical (unpaired) electrons. The molecule has 2 nitrogen and oxygen atoms in total. The number of hydrogen-bond acceptors (Lipinski definition) is 2. The highest BCUT2D eigenvalue weighted by molar-refractivity contribution is 6.81. The van der Waals surface area contributed by atoms with Crippen molar-refractivity contribution in [3.63, 3.8) is 0 Å². The third kappa shape index (κ3) is 9.02. The summed E-state index contributed by atoms with van der Waals surface area (Å²) in [5.41, 5.74) is 7.93.